The molecule has 0 radical (unpaired) electrons. The molecule has 0 aliphatic rings. The van der Waals surface area contributed by atoms with Crippen LogP contribution in [0, 0.1) is 6.92 Å². The SMILES string of the molecule is CCn1nc(C)c(Br)c1CC(O)CCOC. The van der Waals surface area contributed by atoms with Gasteiger partial charge in [0, 0.05) is 26.7 Å². The van der Waals surface area contributed by atoms with E-state index in [-0.39, 0.29) is 6.10 Å². The first-order valence-corrected chi connectivity index (χ1v) is 6.28. The molecule has 16 heavy (non-hydrogen) atoms. The van der Waals surface area contributed by atoms with Crippen LogP contribution in [0.4, 0.5) is 0 Å². The van der Waals surface area contributed by atoms with Crippen LogP contribution in [0.25, 0.3) is 0 Å². The first-order valence-electron chi connectivity index (χ1n) is 5.48. The fraction of sp³-hybridized carbons (Fsp3) is 0.727. The number of aromatic nitrogens is 2. The summed E-state index contributed by atoms with van der Waals surface area (Å²) in [5, 5.41) is 14.2. The van der Waals surface area contributed by atoms with Crippen LogP contribution in [0.2, 0.25) is 0 Å². The molecular weight excluding hydrogens is 272 g/mol. The van der Waals surface area contributed by atoms with Crippen molar-refractivity contribution in [2.45, 2.75) is 39.3 Å². The van der Waals surface area contributed by atoms with Gasteiger partial charge in [0.2, 0.25) is 0 Å². The van der Waals surface area contributed by atoms with Crippen molar-refractivity contribution in [3.8, 4) is 0 Å². The van der Waals surface area contributed by atoms with Crippen molar-refractivity contribution in [3.05, 3.63) is 15.9 Å². The first-order chi connectivity index (χ1) is 7.60. The number of aliphatic hydroxyl groups is 1. The monoisotopic (exact) mass is 290 g/mol. The van der Waals surface area contributed by atoms with Gasteiger partial charge in [0.25, 0.3) is 0 Å². The number of halogens is 1. The van der Waals surface area contributed by atoms with Crippen molar-refractivity contribution >= 4 is 15.9 Å². The van der Waals surface area contributed by atoms with Crippen LogP contribution in [-0.2, 0) is 17.7 Å². The summed E-state index contributed by atoms with van der Waals surface area (Å²) < 4.78 is 7.88. The molecule has 1 aromatic rings. The largest absolute Gasteiger partial charge is 0.393 e. The highest BCUT2D eigenvalue weighted by Crippen LogP contribution is 2.22. The summed E-state index contributed by atoms with van der Waals surface area (Å²) in [6.45, 7) is 5.40. The molecule has 0 aliphatic heterocycles. The summed E-state index contributed by atoms with van der Waals surface area (Å²) in [5.41, 5.74) is 2.03. The van der Waals surface area contributed by atoms with Crippen molar-refractivity contribution < 1.29 is 9.84 Å². The van der Waals surface area contributed by atoms with E-state index >= 15 is 0 Å². The Bertz CT molecular complexity index is 339. The van der Waals surface area contributed by atoms with Crippen molar-refractivity contribution in [3.63, 3.8) is 0 Å². The highest BCUT2D eigenvalue weighted by molar-refractivity contribution is 9.10. The van der Waals surface area contributed by atoms with Gasteiger partial charge in [-0.05, 0) is 36.2 Å². The van der Waals surface area contributed by atoms with Crippen molar-refractivity contribution in [2.24, 2.45) is 0 Å². The van der Waals surface area contributed by atoms with Gasteiger partial charge in [-0.15, -0.1) is 0 Å². The zero-order valence-corrected chi connectivity index (χ0v) is 11.6. The molecule has 1 atom stereocenters. The van der Waals surface area contributed by atoms with Crippen LogP contribution in [-0.4, -0.2) is 34.7 Å². The number of hydrogen-bond donors (Lipinski definition) is 1. The van der Waals surface area contributed by atoms with E-state index < -0.39 is 0 Å². The number of methoxy groups -OCH3 is 1. The molecule has 0 saturated heterocycles. The molecule has 1 heterocycles. The smallest absolute Gasteiger partial charge is 0.0738 e. The molecule has 1 unspecified atom stereocenters. The zero-order valence-electron chi connectivity index (χ0n) is 10.0. The predicted molar refractivity (Wildman–Crippen MR) is 66.5 cm³/mol. The molecule has 4 nitrogen and oxygen atoms in total. The van der Waals surface area contributed by atoms with Gasteiger partial charge < -0.3 is 9.84 Å². The average molecular weight is 291 g/mol. The number of aliphatic hydroxyl groups excluding tert-OH is 1. The lowest BCUT2D eigenvalue weighted by molar-refractivity contribution is 0.108. The third kappa shape index (κ3) is 3.30. The number of nitrogens with zero attached hydrogens (tertiary/aromatic N) is 2. The van der Waals surface area contributed by atoms with Gasteiger partial charge in [0.15, 0.2) is 0 Å². The van der Waals surface area contributed by atoms with Gasteiger partial charge in [-0.3, -0.25) is 4.68 Å². The average Bonchev–Trinajstić information content (AvgIpc) is 2.54. The van der Waals surface area contributed by atoms with Crippen LogP contribution in [0.5, 0.6) is 0 Å². The van der Waals surface area contributed by atoms with Crippen LogP contribution in [0.1, 0.15) is 24.7 Å². The van der Waals surface area contributed by atoms with Crippen LogP contribution >= 0.6 is 15.9 Å². The molecule has 0 saturated carbocycles. The van der Waals surface area contributed by atoms with Gasteiger partial charge in [-0.1, -0.05) is 0 Å². The van der Waals surface area contributed by atoms with Gasteiger partial charge >= 0.3 is 0 Å². The van der Waals surface area contributed by atoms with E-state index in [1.165, 1.54) is 0 Å². The maximum Gasteiger partial charge on any atom is 0.0738 e. The molecule has 1 N–H and O–H groups in total. The van der Waals surface area contributed by atoms with Crippen molar-refractivity contribution in [2.75, 3.05) is 13.7 Å². The molecule has 0 bridgehead atoms. The lowest BCUT2D eigenvalue weighted by Gasteiger charge is -2.11. The molecule has 0 aliphatic carbocycles. The van der Waals surface area contributed by atoms with Crippen molar-refractivity contribution in [1.29, 1.82) is 0 Å². The topological polar surface area (TPSA) is 47.3 Å². The van der Waals surface area contributed by atoms with E-state index in [2.05, 4.69) is 21.0 Å². The Morgan fingerprint density at radius 1 is 1.56 bits per heavy atom. The summed E-state index contributed by atoms with van der Waals surface area (Å²) in [5.74, 6) is 0. The minimum absolute atomic E-state index is 0.377. The Balaban J connectivity index is 2.71. The van der Waals surface area contributed by atoms with Gasteiger partial charge in [0.1, 0.15) is 0 Å². The maximum absolute atomic E-state index is 9.85. The van der Waals surface area contributed by atoms with Gasteiger partial charge in [0.05, 0.1) is 22.0 Å². The van der Waals surface area contributed by atoms with Crippen LogP contribution < -0.4 is 0 Å². The van der Waals surface area contributed by atoms with Gasteiger partial charge in [-0.25, -0.2) is 0 Å². The Hall–Kier alpha value is -0.390. The zero-order chi connectivity index (χ0) is 12.1. The molecule has 1 rings (SSSR count). The summed E-state index contributed by atoms with van der Waals surface area (Å²) in [4.78, 5) is 0. The normalized spacial score (nSPS) is 13.1. The number of rotatable bonds is 6. The summed E-state index contributed by atoms with van der Waals surface area (Å²) >= 11 is 3.51. The molecule has 0 amide bonds. The van der Waals surface area contributed by atoms with E-state index in [9.17, 15) is 5.11 Å². The quantitative estimate of drug-likeness (QED) is 0.871. The summed E-state index contributed by atoms with van der Waals surface area (Å²) in [6.07, 6.45) is 0.882. The molecule has 0 fully saturated rings. The Morgan fingerprint density at radius 3 is 2.81 bits per heavy atom. The second kappa shape index (κ2) is 6.37. The minimum atomic E-state index is -0.377. The summed E-state index contributed by atoms with van der Waals surface area (Å²) in [7, 11) is 1.64. The van der Waals surface area contributed by atoms with E-state index in [1.54, 1.807) is 7.11 Å². The fourth-order valence-corrected chi connectivity index (χ4v) is 2.09. The third-order valence-corrected chi connectivity index (χ3v) is 3.57. The predicted octanol–water partition coefficient (Wildman–Crippen LogP) is 1.91. The van der Waals surface area contributed by atoms with E-state index in [1.807, 2.05) is 18.5 Å². The standard InChI is InChI=1S/C11H19BrN2O2/c1-4-14-10(11(12)8(2)13-14)7-9(15)5-6-16-3/h9,15H,4-7H2,1-3H3. The Kier molecular flexibility index (Phi) is 5.44. The first kappa shape index (κ1) is 13.7. The minimum Gasteiger partial charge on any atom is -0.393 e. The van der Waals surface area contributed by atoms with Crippen molar-refractivity contribution in [1.82, 2.24) is 9.78 Å². The highest BCUT2D eigenvalue weighted by Gasteiger charge is 2.15. The number of aryl methyl sites for hydroxylation is 2. The lowest BCUT2D eigenvalue weighted by atomic mass is 10.1. The summed E-state index contributed by atoms with van der Waals surface area (Å²) in [6, 6.07) is 0. The molecule has 92 valence electrons. The number of ether oxygens (including phenoxy) is 1. The second-order valence-corrected chi connectivity index (χ2v) is 4.59. The molecular formula is C11H19BrN2O2. The second-order valence-electron chi connectivity index (χ2n) is 3.80. The molecule has 0 spiro atoms. The van der Waals surface area contributed by atoms with E-state index in [4.69, 9.17) is 4.74 Å². The Morgan fingerprint density at radius 2 is 2.25 bits per heavy atom. The van der Waals surface area contributed by atoms with E-state index in [0.29, 0.717) is 19.4 Å². The molecule has 1 aromatic heterocycles. The van der Waals surface area contributed by atoms with Gasteiger partial charge in [-0.2, -0.15) is 5.10 Å². The van der Waals surface area contributed by atoms with Crippen LogP contribution in [0.3, 0.4) is 0 Å². The molecule has 0 aromatic carbocycles. The third-order valence-electron chi connectivity index (χ3n) is 2.54. The van der Waals surface area contributed by atoms with E-state index in [0.717, 1.165) is 22.4 Å². The maximum atomic E-state index is 9.85. The fourth-order valence-electron chi connectivity index (χ4n) is 1.64. The highest BCUT2D eigenvalue weighted by atomic mass is 79.9. The molecule has 5 heteroatoms. The lowest BCUT2D eigenvalue weighted by Crippen LogP contribution is -2.16. The van der Waals surface area contributed by atoms with Crippen LogP contribution in [0.15, 0.2) is 4.47 Å². The number of hydrogen-bond acceptors (Lipinski definition) is 3. The Labute approximate surface area is 105 Å².